The lowest BCUT2D eigenvalue weighted by atomic mass is 9.81. The summed E-state index contributed by atoms with van der Waals surface area (Å²) in [5.41, 5.74) is 0.768. The van der Waals surface area contributed by atoms with Gasteiger partial charge < -0.3 is 5.11 Å². The predicted molar refractivity (Wildman–Crippen MR) is 70.3 cm³/mol. The van der Waals surface area contributed by atoms with Crippen molar-refractivity contribution in [3.05, 3.63) is 29.8 Å². The molecule has 0 amide bonds. The number of nitrogens with one attached hydrogen (secondary N) is 1. The minimum absolute atomic E-state index is 0.268. The molecule has 0 radical (unpaired) electrons. The van der Waals surface area contributed by atoms with E-state index in [2.05, 4.69) is 4.72 Å². The van der Waals surface area contributed by atoms with E-state index in [9.17, 15) is 13.2 Å². The summed E-state index contributed by atoms with van der Waals surface area (Å²) < 4.78 is 27.0. The van der Waals surface area contributed by atoms with Gasteiger partial charge in [-0.1, -0.05) is 25.1 Å². The van der Waals surface area contributed by atoms with E-state index in [-0.39, 0.29) is 10.9 Å². The molecule has 0 atom stereocenters. The van der Waals surface area contributed by atoms with Crippen LogP contribution in [0.25, 0.3) is 0 Å². The van der Waals surface area contributed by atoms with Crippen LogP contribution >= 0.6 is 0 Å². The predicted octanol–water partition coefficient (Wildman–Crippen LogP) is 1.39. The molecule has 0 spiro atoms. The van der Waals surface area contributed by atoms with Crippen LogP contribution < -0.4 is 4.72 Å². The van der Waals surface area contributed by atoms with Crippen molar-refractivity contribution in [3.8, 4) is 0 Å². The second-order valence-corrected chi connectivity index (χ2v) is 6.47. The SMILES string of the molecule is CCc1ccccc1S(=O)(=O)NC1CC(C(=O)O)C1. The van der Waals surface area contributed by atoms with Crippen LogP contribution in [0.5, 0.6) is 0 Å². The molecule has 0 heterocycles. The molecule has 0 saturated heterocycles. The van der Waals surface area contributed by atoms with Gasteiger partial charge >= 0.3 is 5.97 Å². The summed E-state index contributed by atoms with van der Waals surface area (Å²) in [6, 6.07) is 6.59. The minimum atomic E-state index is -3.56. The van der Waals surface area contributed by atoms with Crippen molar-refractivity contribution in [1.82, 2.24) is 4.72 Å². The Bertz CT molecular complexity index is 576. The Labute approximate surface area is 112 Å². The lowest BCUT2D eigenvalue weighted by Gasteiger charge is -2.32. The van der Waals surface area contributed by atoms with Crippen LogP contribution in [0.1, 0.15) is 25.3 Å². The van der Waals surface area contributed by atoms with E-state index in [1.54, 1.807) is 18.2 Å². The third-order valence-electron chi connectivity index (χ3n) is 3.45. The van der Waals surface area contributed by atoms with E-state index in [0.717, 1.165) is 5.56 Å². The van der Waals surface area contributed by atoms with Crippen molar-refractivity contribution >= 4 is 16.0 Å². The van der Waals surface area contributed by atoms with Crippen molar-refractivity contribution in [2.24, 2.45) is 5.92 Å². The molecule has 6 heteroatoms. The summed E-state index contributed by atoms with van der Waals surface area (Å²) in [7, 11) is -3.56. The number of sulfonamides is 1. The van der Waals surface area contributed by atoms with E-state index in [4.69, 9.17) is 5.11 Å². The van der Waals surface area contributed by atoms with Crippen LogP contribution in [0.3, 0.4) is 0 Å². The van der Waals surface area contributed by atoms with E-state index in [0.29, 0.717) is 19.3 Å². The zero-order chi connectivity index (χ0) is 14.0. The van der Waals surface area contributed by atoms with Gasteiger partial charge in [-0.05, 0) is 30.9 Å². The largest absolute Gasteiger partial charge is 0.481 e. The Morgan fingerprint density at radius 2 is 2.00 bits per heavy atom. The van der Waals surface area contributed by atoms with Gasteiger partial charge in [0.05, 0.1) is 10.8 Å². The van der Waals surface area contributed by atoms with Gasteiger partial charge in [0.2, 0.25) is 10.0 Å². The van der Waals surface area contributed by atoms with Crippen LogP contribution in [0.15, 0.2) is 29.2 Å². The molecule has 0 unspecified atom stereocenters. The first-order chi connectivity index (χ1) is 8.94. The second kappa shape index (κ2) is 5.30. The maximum Gasteiger partial charge on any atom is 0.306 e. The topological polar surface area (TPSA) is 83.5 Å². The number of carboxylic acid groups (broad SMARTS) is 1. The Morgan fingerprint density at radius 1 is 1.37 bits per heavy atom. The molecule has 1 aliphatic rings. The first-order valence-corrected chi connectivity index (χ1v) is 7.75. The highest BCUT2D eigenvalue weighted by atomic mass is 32.2. The maximum absolute atomic E-state index is 12.2. The normalized spacial score (nSPS) is 22.8. The van der Waals surface area contributed by atoms with Crippen molar-refractivity contribution in [2.45, 2.75) is 37.1 Å². The molecule has 0 bridgehead atoms. The number of rotatable bonds is 5. The van der Waals surface area contributed by atoms with Gasteiger partial charge in [-0.2, -0.15) is 0 Å². The van der Waals surface area contributed by atoms with Gasteiger partial charge in [-0.25, -0.2) is 13.1 Å². The van der Waals surface area contributed by atoms with E-state index < -0.39 is 21.9 Å². The number of carbonyl (C=O) groups is 1. The third-order valence-corrected chi connectivity index (χ3v) is 5.07. The van der Waals surface area contributed by atoms with E-state index in [1.165, 1.54) is 0 Å². The van der Waals surface area contributed by atoms with Crippen LogP contribution in [0.2, 0.25) is 0 Å². The lowest BCUT2D eigenvalue weighted by molar-refractivity contribution is -0.145. The molecule has 0 aromatic heterocycles. The summed E-state index contributed by atoms with van der Waals surface area (Å²) in [6.07, 6.45) is 1.37. The standard InChI is InChI=1S/C13H17NO4S/c1-2-9-5-3-4-6-12(9)19(17,18)14-11-7-10(8-11)13(15)16/h3-6,10-11,14H,2,7-8H2,1H3,(H,15,16). The highest BCUT2D eigenvalue weighted by molar-refractivity contribution is 7.89. The van der Waals surface area contributed by atoms with Gasteiger partial charge in [-0.3, -0.25) is 4.79 Å². The van der Waals surface area contributed by atoms with E-state index in [1.807, 2.05) is 13.0 Å². The Morgan fingerprint density at radius 3 is 2.58 bits per heavy atom. The van der Waals surface area contributed by atoms with Crippen molar-refractivity contribution < 1.29 is 18.3 Å². The van der Waals surface area contributed by atoms with Crippen LogP contribution in [0, 0.1) is 5.92 Å². The minimum Gasteiger partial charge on any atom is -0.481 e. The maximum atomic E-state index is 12.2. The zero-order valence-electron chi connectivity index (χ0n) is 10.7. The molecule has 1 aromatic carbocycles. The fourth-order valence-electron chi connectivity index (χ4n) is 2.26. The first kappa shape index (κ1) is 14.0. The average molecular weight is 283 g/mol. The molecule has 1 saturated carbocycles. The first-order valence-electron chi connectivity index (χ1n) is 6.27. The smallest absolute Gasteiger partial charge is 0.306 e. The molecule has 104 valence electrons. The van der Waals surface area contributed by atoms with Crippen molar-refractivity contribution in [1.29, 1.82) is 0 Å². The quantitative estimate of drug-likeness (QED) is 0.855. The molecular formula is C13H17NO4S. The number of aliphatic carboxylic acids is 1. The molecule has 5 nitrogen and oxygen atoms in total. The zero-order valence-corrected chi connectivity index (χ0v) is 11.5. The number of carboxylic acids is 1. The van der Waals surface area contributed by atoms with Gasteiger partial charge in [-0.15, -0.1) is 0 Å². The van der Waals surface area contributed by atoms with E-state index >= 15 is 0 Å². The van der Waals surface area contributed by atoms with Gasteiger partial charge in [0.1, 0.15) is 0 Å². The Kier molecular flexibility index (Phi) is 3.91. The molecule has 2 rings (SSSR count). The number of aryl methyl sites for hydroxylation is 1. The summed E-state index contributed by atoms with van der Waals surface area (Å²) in [5, 5.41) is 8.77. The van der Waals surface area contributed by atoms with Crippen LogP contribution in [-0.4, -0.2) is 25.5 Å². The average Bonchev–Trinajstić information content (AvgIpc) is 2.32. The van der Waals surface area contributed by atoms with Crippen LogP contribution in [0.4, 0.5) is 0 Å². The van der Waals surface area contributed by atoms with Gasteiger partial charge in [0.15, 0.2) is 0 Å². The molecule has 1 fully saturated rings. The summed E-state index contributed by atoms with van der Waals surface area (Å²) in [6.45, 7) is 1.90. The highest BCUT2D eigenvalue weighted by Crippen LogP contribution is 2.29. The van der Waals surface area contributed by atoms with Gasteiger partial charge in [0.25, 0.3) is 0 Å². The molecular weight excluding hydrogens is 266 g/mol. The van der Waals surface area contributed by atoms with Crippen molar-refractivity contribution in [2.75, 3.05) is 0 Å². The summed E-state index contributed by atoms with van der Waals surface area (Å²) >= 11 is 0. The summed E-state index contributed by atoms with van der Waals surface area (Å²) in [4.78, 5) is 11.0. The highest BCUT2D eigenvalue weighted by Gasteiger charge is 2.37. The second-order valence-electron chi connectivity index (χ2n) is 4.79. The monoisotopic (exact) mass is 283 g/mol. The lowest BCUT2D eigenvalue weighted by Crippen LogP contribution is -2.46. The fraction of sp³-hybridized carbons (Fsp3) is 0.462. The molecule has 0 aliphatic heterocycles. The van der Waals surface area contributed by atoms with Gasteiger partial charge in [0, 0.05) is 6.04 Å². The molecule has 1 aromatic rings. The van der Waals surface area contributed by atoms with Crippen molar-refractivity contribution in [3.63, 3.8) is 0 Å². The fourth-order valence-corrected chi connectivity index (χ4v) is 3.83. The molecule has 2 N–H and O–H groups in total. The number of benzene rings is 1. The molecule has 1 aliphatic carbocycles. The summed E-state index contributed by atoms with van der Waals surface area (Å²) in [5.74, 6) is -1.28. The molecule has 19 heavy (non-hydrogen) atoms. The number of hydrogen-bond acceptors (Lipinski definition) is 3. The Balaban J connectivity index is 2.10. The Hall–Kier alpha value is -1.40. The van der Waals surface area contributed by atoms with Crippen LogP contribution in [-0.2, 0) is 21.2 Å². The number of hydrogen-bond donors (Lipinski definition) is 2. The third kappa shape index (κ3) is 2.96.